The van der Waals surface area contributed by atoms with Crippen LogP contribution in [0.4, 0.5) is 16.2 Å². The number of fused-ring (bicyclic) bond motifs is 1. The van der Waals surface area contributed by atoms with Crippen molar-refractivity contribution >= 4 is 28.4 Å². The fourth-order valence-electron chi connectivity index (χ4n) is 2.79. The fraction of sp³-hybridized carbons (Fsp3) is 0.286. The van der Waals surface area contributed by atoms with Gasteiger partial charge in [0.2, 0.25) is 0 Å². The van der Waals surface area contributed by atoms with E-state index in [9.17, 15) is 4.79 Å². The van der Waals surface area contributed by atoms with Crippen LogP contribution < -0.4 is 10.2 Å². The van der Waals surface area contributed by atoms with Crippen LogP contribution in [-0.2, 0) is 0 Å². The van der Waals surface area contributed by atoms with E-state index in [1.54, 1.807) is 11.9 Å². The largest absolute Gasteiger partial charge is 0.459 e. The fourth-order valence-corrected chi connectivity index (χ4v) is 2.79. The maximum atomic E-state index is 12.7. The normalized spacial score (nSPS) is 12.0. The second-order valence-electron chi connectivity index (χ2n) is 6.47. The molecule has 1 aromatic heterocycles. The van der Waals surface area contributed by atoms with Crippen molar-refractivity contribution in [2.75, 3.05) is 30.9 Å². The molecule has 0 bridgehead atoms. The quantitative estimate of drug-likeness (QED) is 0.694. The van der Waals surface area contributed by atoms with Crippen molar-refractivity contribution in [1.82, 2.24) is 4.90 Å². The van der Waals surface area contributed by atoms with Gasteiger partial charge in [0, 0.05) is 37.4 Å². The van der Waals surface area contributed by atoms with Gasteiger partial charge in [0.1, 0.15) is 11.3 Å². The lowest BCUT2D eigenvalue weighted by Gasteiger charge is -2.24. The molecule has 0 aliphatic heterocycles. The van der Waals surface area contributed by atoms with E-state index in [1.807, 2.05) is 68.6 Å². The third-order valence-corrected chi connectivity index (χ3v) is 4.77. The lowest BCUT2D eigenvalue weighted by Crippen LogP contribution is -2.33. The Bertz CT molecular complexity index is 870. The van der Waals surface area contributed by atoms with E-state index in [-0.39, 0.29) is 12.1 Å². The van der Waals surface area contributed by atoms with Gasteiger partial charge in [-0.3, -0.25) is 0 Å². The van der Waals surface area contributed by atoms with E-state index < -0.39 is 0 Å². The first-order valence-electron chi connectivity index (χ1n) is 8.83. The summed E-state index contributed by atoms with van der Waals surface area (Å²) in [6, 6.07) is 17.3. The van der Waals surface area contributed by atoms with Gasteiger partial charge in [-0.2, -0.15) is 0 Å². The lowest BCUT2D eigenvalue weighted by molar-refractivity contribution is 0.201. The molecule has 5 nitrogen and oxygen atoms in total. The average molecular weight is 351 g/mol. The molecule has 1 unspecified atom stereocenters. The summed E-state index contributed by atoms with van der Waals surface area (Å²) in [5.41, 5.74) is 2.67. The van der Waals surface area contributed by atoms with Crippen LogP contribution in [0.1, 0.15) is 25.6 Å². The third-order valence-electron chi connectivity index (χ3n) is 4.77. The standard InChI is InChI=1S/C21H25N3O2/c1-5-23(3)18-11-8-10-17(14-18)22-21(25)24(4)15(2)20-13-16-9-6-7-12-19(16)26-20/h6-15H,5H2,1-4H3,(H,22,25). The van der Waals surface area contributed by atoms with Crippen LogP contribution in [-0.4, -0.2) is 31.6 Å². The van der Waals surface area contributed by atoms with Gasteiger partial charge < -0.3 is 19.5 Å². The number of hydrogen-bond acceptors (Lipinski definition) is 3. The molecule has 3 rings (SSSR count). The zero-order chi connectivity index (χ0) is 18.7. The molecule has 26 heavy (non-hydrogen) atoms. The van der Waals surface area contributed by atoms with Crippen LogP contribution >= 0.6 is 0 Å². The Morgan fingerprint density at radius 2 is 1.88 bits per heavy atom. The molecule has 0 fully saturated rings. The van der Waals surface area contributed by atoms with Crippen molar-refractivity contribution in [3.05, 3.63) is 60.4 Å². The molecule has 0 spiro atoms. The Hall–Kier alpha value is -2.95. The molecule has 2 aromatic carbocycles. The van der Waals surface area contributed by atoms with Crippen LogP contribution in [0.25, 0.3) is 11.0 Å². The monoisotopic (exact) mass is 351 g/mol. The molecule has 0 saturated heterocycles. The number of nitrogens with one attached hydrogen (secondary N) is 1. The summed E-state index contributed by atoms with van der Waals surface area (Å²) < 4.78 is 5.89. The first-order valence-corrected chi connectivity index (χ1v) is 8.83. The Morgan fingerprint density at radius 3 is 2.62 bits per heavy atom. The molecule has 0 aliphatic carbocycles. The van der Waals surface area contributed by atoms with Gasteiger partial charge in [-0.15, -0.1) is 0 Å². The van der Waals surface area contributed by atoms with Gasteiger partial charge in [0.15, 0.2) is 0 Å². The van der Waals surface area contributed by atoms with Crippen LogP contribution in [0.5, 0.6) is 0 Å². The van der Waals surface area contributed by atoms with Crippen LogP contribution in [0.15, 0.2) is 59.0 Å². The predicted octanol–water partition coefficient (Wildman–Crippen LogP) is 5.11. The predicted molar refractivity (Wildman–Crippen MR) is 107 cm³/mol. The number of hydrogen-bond donors (Lipinski definition) is 1. The summed E-state index contributed by atoms with van der Waals surface area (Å²) >= 11 is 0. The van der Waals surface area contributed by atoms with Gasteiger partial charge >= 0.3 is 6.03 Å². The minimum absolute atomic E-state index is 0.172. The molecular weight excluding hydrogens is 326 g/mol. The van der Waals surface area contributed by atoms with E-state index in [2.05, 4.69) is 17.1 Å². The summed E-state index contributed by atoms with van der Waals surface area (Å²) in [6.07, 6.45) is 0. The van der Waals surface area contributed by atoms with Crippen LogP contribution in [0.3, 0.4) is 0 Å². The highest BCUT2D eigenvalue weighted by Crippen LogP contribution is 2.27. The van der Waals surface area contributed by atoms with Crippen molar-refractivity contribution in [1.29, 1.82) is 0 Å². The summed E-state index contributed by atoms with van der Waals surface area (Å²) in [4.78, 5) is 16.4. The smallest absolute Gasteiger partial charge is 0.322 e. The molecule has 1 heterocycles. The second-order valence-corrected chi connectivity index (χ2v) is 6.47. The SMILES string of the molecule is CCN(C)c1cccc(NC(=O)N(C)C(C)c2cc3ccccc3o2)c1. The lowest BCUT2D eigenvalue weighted by atomic mass is 10.2. The number of furan rings is 1. The Labute approximate surface area is 154 Å². The number of nitrogens with zero attached hydrogens (tertiary/aromatic N) is 2. The molecule has 3 aromatic rings. The highest BCUT2D eigenvalue weighted by molar-refractivity contribution is 5.90. The molecule has 0 saturated carbocycles. The van der Waals surface area contributed by atoms with Crippen molar-refractivity contribution in [2.24, 2.45) is 0 Å². The molecule has 2 amide bonds. The maximum absolute atomic E-state index is 12.7. The van der Waals surface area contributed by atoms with Crippen LogP contribution in [0, 0.1) is 0 Å². The summed E-state index contributed by atoms with van der Waals surface area (Å²) in [5.74, 6) is 0.767. The number of urea groups is 1. The van der Waals surface area contributed by atoms with Gasteiger partial charge in [0.25, 0.3) is 0 Å². The van der Waals surface area contributed by atoms with E-state index in [0.717, 1.165) is 34.6 Å². The van der Waals surface area contributed by atoms with Crippen molar-refractivity contribution < 1.29 is 9.21 Å². The average Bonchev–Trinajstić information content (AvgIpc) is 3.10. The zero-order valence-corrected chi connectivity index (χ0v) is 15.7. The van der Waals surface area contributed by atoms with E-state index >= 15 is 0 Å². The number of anilines is 2. The maximum Gasteiger partial charge on any atom is 0.322 e. The zero-order valence-electron chi connectivity index (χ0n) is 15.7. The third kappa shape index (κ3) is 3.67. The van der Waals surface area contributed by atoms with Crippen molar-refractivity contribution in [2.45, 2.75) is 19.9 Å². The highest BCUT2D eigenvalue weighted by Gasteiger charge is 2.21. The molecule has 0 aliphatic rings. The molecule has 1 atom stereocenters. The second kappa shape index (κ2) is 7.52. The van der Waals surface area contributed by atoms with Gasteiger partial charge in [-0.25, -0.2) is 4.79 Å². The first kappa shape index (κ1) is 17.9. The molecule has 5 heteroatoms. The van der Waals surface area contributed by atoms with E-state index in [1.165, 1.54) is 0 Å². The Morgan fingerprint density at radius 1 is 1.12 bits per heavy atom. The highest BCUT2D eigenvalue weighted by atomic mass is 16.3. The van der Waals surface area contributed by atoms with Crippen molar-refractivity contribution in [3.63, 3.8) is 0 Å². The van der Waals surface area contributed by atoms with Crippen LogP contribution in [0.2, 0.25) is 0 Å². The molecule has 0 radical (unpaired) electrons. The van der Waals surface area contributed by atoms with Gasteiger partial charge in [0.05, 0.1) is 6.04 Å². The van der Waals surface area contributed by atoms with Gasteiger partial charge in [-0.1, -0.05) is 24.3 Å². The number of carbonyl (C=O) groups is 1. The Balaban J connectivity index is 1.72. The number of rotatable bonds is 5. The van der Waals surface area contributed by atoms with E-state index in [4.69, 9.17) is 4.42 Å². The van der Waals surface area contributed by atoms with Crippen molar-refractivity contribution in [3.8, 4) is 0 Å². The molecular formula is C21H25N3O2. The molecule has 1 N–H and O–H groups in total. The number of para-hydroxylation sites is 1. The van der Waals surface area contributed by atoms with E-state index in [0.29, 0.717) is 0 Å². The topological polar surface area (TPSA) is 48.7 Å². The minimum atomic E-state index is -0.177. The van der Waals surface area contributed by atoms with Gasteiger partial charge in [-0.05, 0) is 44.2 Å². The summed E-state index contributed by atoms with van der Waals surface area (Å²) in [7, 11) is 3.80. The minimum Gasteiger partial charge on any atom is -0.459 e. The number of carbonyl (C=O) groups excluding carboxylic acids is 1. The summed E-state index contributed by atoms with van der Waals surface area (Å²) in [6.45, 7) is 4.95. The molecule has 136 valence electrons. The summed E-state index contributed by atoms with van der Waals surface area (Å²) in [5, 5.41) is 4.00. The number of amides is 2. The Kier molecular flexibility index (Phi) is 5.16. The number of benzene rings is 2. The first-order chi connectivity index (χ1) is 12.5.